The van der Waals surface area contributed by atoms with E-state index >= 15 is 0 Å². The van der Waals surface area contributed by atoms with Crippen LogP contribution in [0, 0.1) is 17.8 Å². The Morgan fingerprint density at radius 2 is 2.04 bits per heavy atom. The van der Waals surface area contributed by atoms with Crippen molar-refractivity contribution in [3.63, 3.8) is 0 Å². The minimum absolute atomic E-state index is 0.0969. The van der Waals surface area contributed by atoms with Gasteiger partial charge in [-0.3, -0.25) is 4.79 Å². The molecule has 27 heavy (non-hydrogen) atoms. The predicted octanol–water partition coefficient (Wildman–Crippen LogP) is 6.04. The minimum atomic E-state index is -0.802. The Morgan fingerprint density at radius 3 is 2.74 bits per heavy atom. The molecule has 2 bridgehead atoms. The number of allylic oxidation sites excluding steroid dienone is 1. The van der Waals surface area contributed by atoms with E-state index in [9.17, 15) is 4.79 Å². The van der Waals surface area contributed by atoms with Crippen LogP contribution in [-0.4, -0.2) is 17.7 Å². The van der Waals surface area contributed by atoms with Crippen LogP contribution in [0.5, 0.6) is 5.75 Å². The molecule has 146 valence electrons. The number of hydrogen-bond acceptors (Lipinski definition) is 2. The first-order valence-corrected chi connectivity index (χ1v) is 10.8. The Bertz CT molecular complexity index is 739. The molecule has 0 aliphatic heterocycles. The summed E-state index contributed by atoms with van der Waals surface area (Å²) in [5, 5.41) is 9.43. The highest BCUT2D eigenvalue weighted by atomic mass is 35.5. The van der Waals surface area contributed by atoms with Gasteiger partial charge < -0.3 is 9.84 Å². The van der Waals surface area contributed by atoms with Crippen LogP contribution in [-0.2, 0) is 11.2 Å². The molecule has 3 unspecified atom stereocenters. The standard InChI is InChI=1S/C23H29ClO3/c24-22-13-19(9-7-16(22)8-10-23(25)26)27-14-18-3-1-2-4-20(18)21-12-15-5-6-17(21)11-15/h7,9,13,15,17,21H,1-6,8,10-12,14H2,(H,25,26). The molecule has 1 aromatic carbocycles. The zero-order chi connectivity index (χ0) is 18.8. The smallest absolute Gasteiger partial charge is 0.303 e. The first-order chi connectivity index (χ1) is 13.1. The molecule has 2 saturated carbocycles. The molecule has 0 saturated heterocycles. The van der Waals surface area contributed by atoms with Crippen molar-refractivity contribution in [3.8, 4) is 5.75 Å². The Hall–Kier alpha value is -1.48. The van der Waals surface area contributed by atoms with E-state index in [1.165, 1.54) is 56.9 Å². The molecule has 3 aliphatic rings. The number of ether oxygens (including phenoxy) is 1. The highest BCUT2D eigenvalue weighted by Crippen LogP contribution is 2.53. The fraction of sp³-hybridized carbons (Fsp3) is 0.609. The fourth-order valence-corrected chi connectivity index (χ4v) is 5.77. The summed E-state index contributed by atoms with van der Waals surface area (Å²) in [7, 11) is 0. The van der Waals surface area contributed by atoms with Crippen molar-refractivity contribution in [2.45, 2.75) is 64.2 Å². The van der Waals surface area contributed by atoms with Gasteiger partial charge in [-0.2, -0.15) is 0 Å². The normalized spacial score (nSPS) is 27.2. The van der Waals surface area contributed by atoms with Gasteiger partial charge in [-0.15, -0.1) is 0 Å². The summed E-state index contributed by atoms with van der Waals surface area (Å²) in [5.74, 6) is 2.72. The van der Waals surface area contributed by atoms with Gasteiger partial charge in [-0.1, -0.05) is 29.7 Å². The highest BCUT2D eigenvalue weighted by Gasteiger charge is 2.41. The summed E-state index contributed by atoms with van der Waals surface area (Å²) >= 11 is 6.32. The zero-order valence-electron chi connectivity index (χ0n) is 15.9. The molecule has 4 rings (SSSR count). The number of carbonyl (C=O) groups is 1. The number of fused-ring (bicyclic) bond motifs is 2. The summed E-state index contributed by atoms with van der Waals surface area (Å²) in [4.78, 5) is 10.7. The predicted molar refractivity (Wildman–Crippen MR) is 107 cm³/mol. The summed E-state index contributed by atoms with van der Waals surface area (Å²) in [5.41, 5.74) is 4.12. The molecule has 0 aromatic heterocycles. The van der Waals surface area contributed by atoms with Crippen molar-refractivity contribution >= 4 is 17.6 Å². The average molecular weight is 389 g/mol. The molecule has 3 aliphatic carbocycles. The molecular formula is C23H29ClO3. The lowest BCUT2D eigenvalue weighted by Gasteiger charge is -2.30. The van der Waals surface area contributed by atoms with E-state index in [1.54, 1.807) is 5.57 Å². The van der Waals surface area contributed by atoms with Crippen molar-refractivity contribution in [2.75, 3.05) is 6.61 Å². The molecule has 0 heterocycles. The van der Waals surface area contributed by atoms with Crippen LogP contribution in [0.15, 0.2) is 29.3 Å². The fourth-order valence-electron chi connectivity index (χ4n) is 5.51. The second-order valence-corrected chi connectivity index (χ2v) is 8.96. The molecule has 1 aromatic rings. The lowest BCUT2D eigenvalue weighted by atomic mass is 9.76. The number of rotatable bonds is 7. The summed E-state index contributed by atoms with van der Waals surface area (Å²) in [6.45, 7) is 0.675. The largest absolute Gasteiger partial charge is 0.489 e. The van der Waals surface area contributed by atoms with Crippen molar-refractivity contribution < 1.29 is 14.6 Å². The molecular weight excluding hydrogens is 360 g/mol. The lowest BCUT2D eigenvalue weighted by molar-refractivity contribution is -0.136. The Labute approximate surface area is 166 Å². The van der Waals surface area contributed by atoms with Gasteiger partial charge in [0.25, 0.3) is 0 Å². The minimum Gasteiger partial charge on any atom is -0.489 e. The van der Waals surface area contributed by atoms with Crippen LogP contribution in [0.3, 0.4) is 0 Å². The molecule has 0 amide bonds. The first kappa shape index (κ1) is 18.9. The second-order valence-electron chi connectivity index (χ2n) is 8.55. The van der Waals surface area contributed by atoms with Crippen molar-refractivity contribution in [2.24, 2.45) is 17.8 Å². The maximum Gasteiger partial charge on any atom is 0.303 e. The Kier molecular flexibility index (Phi) is 5.77. The van der Waals surface area contributed by atoms with Crippen LogP contribution < -0.4 is 4.74 Å². The van der Waals surface area contributed by atoms with Gasteiger partial charge in [-0.05, 0) is 92.4 Å². The third kappa shape index (κ3) is 4.34. The third-order valence-electron chi connectivity index (χ3n) is 6.86. The van der Waals surface area contributed by atoms with Crippen molar-refractivity contribution in [1.82, 2.24) is 0 Å². The average Bonchev–Trinajstić information content (AvgIpc) is 3.29. The first-order valence-electron chi connectivity index (χ1n) is 10.4. The van der Waals surface area contributed by atoms with Gasteiger partial charge in [0.05, 0.1) is 0 Å². The van der Waals surface area contributed by atoms with E-state index in [0.29, 0.717) is 18.1 Å². The number of carboxylic acids is 1. The van der Waals surface area contributed by atoms with E-state index in [2.05, 4.69) is 0 Å². The quantitative estimate of drug-likeness (QED) is 0.579. The van der Waals surface area contributed by atoms with Crippen LogP contribution in [0.1, 0.15) is 63.4 Å². The topological polar surface area (TPSA) is 46.5 Å². The van der Waals surface area contributed by atoms with E-state index in [4.69, 9.17) is 21.4 Å². The lowest BCUT2D eigenvalue weighted by Crippen LogP contribution is -2.19. The van der Waals surface area contributed by atoms with E-state index < -0.39 is 5.97 Å². The maximum absolute atomic E-state index is 10.7. The van der Waals surface area contributed by atoms with Crippen LogP contribution >= 0.6 is 11.6 Å². The molecule has 1 N–H and O–H groups in total. The van der Waals surface area contributed by atoms with Gasteiger partial charge in [0, 0.05) is 11.4 Å². The molecule has 3 nitrogen and oxygen atoms in total. The van der Waals surface area contributed by atoms with Crippen LogP contribution in [0.4, 0.5) is 0 Å². The number of aliphatic carboxylic acids is 1. The van der Waals surface area contributed by atoms with Gasteiger partial charge >= 0.3 is 5.97 Å². The monoisotopic (exact) mass is 388 g/mol. The Morgan fingerprint density at radius 1 is 1.19 bits per heavy atom. The van der Waals surface area contributed by atoms with Crippen LogP contribution in [0.25, 0.3) is 0 Å². The maximum atomic E-state index is 10.7. The van der Waals surface area contributed by atoms with Gasteiger partial charge in [0.2, 0.25) is 0 Å². The molecule has 4 heteroatoms. The van der Waals surface area contributed by atoms with Crippen molar-refractivity contribution in [1.29, 1.82) is 0 Å². The van der Waals surface area contributed by atoms with E-state index in [-0.39, 0.29) is 6.42 Å². The van der Waals surface area contributed by atoms with Crippen LogP contribution in [0.2, 0.25) is 5.02 Å². The molecule has 0 radical (unpaired) electrons. The summed E-state index contributed by atoms with van der Waals surface area (Å²) in [6, 6.07) is 5.65. The van der Waals surface area contributed by atoms with E-state index in [1.807, 2.05) is 18.2 Å². The van der Waals surface area contributed by atoms with Gasteiger partial charge in [-0.25, -0.2) is 0 Å². The molecule has 0 spiro atoms. The SMILES string of the molecule is O=C(O)CCc1ccc(OCC2=C(C3CC4CCC3C4)CCCC2)cc1Cl. The van der Waals surface area contributed by atoms with Gasteiger partial charge in [0.1, 0.15) is 12.4 Å². The Balaban J connectivity index is 1.42. The number of benzene rings is 1. The second kappa shape index (κ2) is 8.26. The summed E-state index contributed by atoms with van der Waals surface area (Å²) in [6.07, 6.45) is 11.3. The number of carboxylic acid groups (broad SMARTS) is 1. The van der Waals surface area contributed by atoms with Gasteiger partial charge in [0.15, 0.2) is 0 Å². The molecule has 3 atom stereocenters. The van der Waals surface area contributed by atoms with Crippen molar-refractivity contribution in [3.05, 3.63) is 39.9 Å². The highest BCUT2D eigenvalue weighted by molar-refractivity contribution is 6.31. The summed E-state index contributed by atoms with van der Waals surface area (Å²) < 4.78 is 6.12. The molecule has 2 fully saturated rings. The number of aryl methyl sites for hydroxylation is 1. The van der Waals surface area contributed by atoms with E-state index in [0.717, 1.165) is 29.1 Å². The zero-order valence-corrected chi connectivity index (χ0v) is 16.6. The number of hydrogen-bond donors (Lipinski definition) is 1. The third-order valence-corrected chi connectivity index (χ3v) is 7.21. The number of halogens is 1.